The van der Waals surface area contributed by atoms with E-state index in [2.05, 4.69) is 0 Å². The zero-order valence-electron chi connectivity index (χ0n) is 9.49. The van der Waals surface area contributed by atoms with E-state index < -0.39 is 11.9 Å². The minimum Gasteiger partial charge on any atom is -0.478 e. The maximum Gasteiger partial charge on any atom is 0.337 e. The molecule has 0 unspecified atom stereocenters. The maximum absolute atomic E-state index is 11.4. The van der Waals surface area contributed by atoms with Crippen molar-refractivity contribution < 1.29 is 24.2 Å². The molecular formula is C12H5I3O5. The standard InChI is InChI=1S/C12H5I3O5/c13-8-5(4-2-1-3-20-4)9(14)7(12(18)19)10(15)6(8)11(16)17/h1-3H,(H,16,17)(H,18,19). The zero-order chi connectivity index (χ0) is 15.0. The molecule has 0 radical (unpaired) electrons. The predicted molar refractivity (Wildman–Crippen MR) is 96.2 cm³/mol. The fourth-order valence-corrected chi connectivity index (χ4v) is 6.30. The van der Waals surface area contributed by atoms with Gasteiger partial charge in [0.25, 0.3) is 0 Å². The Labute approximate surface area is 154 Å². The van der Waals surface area contributed by atoms with Crippen LogP contribution in [-0.2, 0) is 0 Å². The molecule has 0 aliphatic heterocycles. The van der Waals surface area contributed by atoms with Gasteiger partial charge in [-0.15, -0.1) is 0 Å². The smallest absolute Gasteiger partial charge is 0.337 e. The van der Waals surface area contributed by atoms with E-state index in [0.29, 0.717) is 18.5 Å². The summed E-state index contributed by atoms with van der Waals surface area (Å²) in [5.41, 5.74) is 0.456. The minimum atomic E-state index is -1.16. The van der Waals surface area contributed by atoms with E-state index in [1.54, 1.807) is 34.7 Å². The van der Waals surface area contributed by atoms with E-state index in [-0.39, 0.29) is 14.7 Å². The first-order valence-corrected chi connectivity index (χ1v) is 8.30. The third-order valence-electron chi connectivity index (χ3n) is 2.51. The van der Waals surface area contributed by atoms with Gasteiger partial charge in [0, 0.05) is 16.3 Å². The lowest BCUT2D eigenvalue weighted by molar-refractivity contribution is 0.0694. The first-order chi connectivity index (χ1) is 9.36. The SMILES string of the molecule is O=C(O)c1c(I)c(C(=O)O)c(I)c(-c2ccco2)c1I. The molecule has 0 bridgehead atoms. The summed E-state index contributed by atoms with van der Waals surface area (Å²) in [6.07, 6.45) is 1.46. The summed E-state index contributed by atoms with van der Waals surface area (Å²) >= 11 is 5.57. The Morgan fingerprint density at radius 2 is 1.45 bits per heavy atom. The molecule has 2 N–H and O–H groups in total. The van der Waals surface area contributed by atoms with Crippen LogP contribution in [-0.4, -0.2) is 22.2 Å². The topological polar surface area (TPSA) is 87.7 Å². The number of carboxylic acids is 2. The Bertz CT molecular complexity index is 665. The van der Waals surface area contributed by atoms with Gasteiger partial charge in [-0.05, 0) is 79.9 Å². The molecule has 2 rings (SSSR count). The number of halogens is 3. The Morgan fingerprint density at radius 3 is 1.80 bits per heavy atom. The van der Waals surface area contributed by atoms with Crippen molar-refractivity contribution in [3.63, 3.8) is 0 Å². The number of aromatic carboxylic acids is 2. The van der Waals surface area contributed by atoms with Gasteiger partial charge in [-0.3, -0.25) is 0 Å². The monoisotopic (exact) mass is 610 g/mol. The number of rotatable bonds is 3. The Hall–Kier alpha value is -0.370. The Morgan fingerprint density at radius 1 is 0.950 bits per heavy atom. The molecule has 0 spiro atoms. The molecule has 8 heteroatoms. The zero-order valence-corrected chi connectivity index (χ0v) is 16.0. The average Bonchev–Trinajstić information content (AvgIpc) is 2.80. The van der Waals surface area contributed by atoms with Crippen molar-refractivity contribution in [2.75, 3.05) is 0 Å². The van der Waals surface area contributed by atoms with Crippen LogP contribution in [0.5, 0.6) is 0 Å². The summed E-state index contributed by atoms with van der Waals surface area (Å²) in [5, 5.41) is 18.7. The van der Waals surface area contributed by atoms with Crippen LogP contribution in [0.4, 0.5) is 0 Å². The molecule has 104 valence electrons. The summed E-state index contributed by atoms with van der Waals surface area (Å²) in [6, 6.07) is 3.34. The van der Waals surface area contributed by atoms with Gasteiger partial charge in [0.1, 0.15) is 5.76 Å². The number of carbonyl (C=O) groups is 2. The number of hydrogen-bond acceptors (Lipinski definition) is 3. The normalized spacial score (nSPS) is 10.6. The van der Waals surface area contributed by atoms with E-state index in [4.69, 9.17) is 4.42 Å². The number of benzene rings is 1. The van der Waals surface area contributed by atoms with Crippen LogP contribution in [0.1, 0.15) is 20.7 Å². The molecule has 2 aromatic rings. The third kappa shape index (κ3) is 2.68. The third-order valence-corrected chi connectivity index (χ3v) is 5.75. The molecule has 0 aliphatic rings. The van der Waals surface area contributed by atoms with Gasteiger partial charge >= 0.3 is 11.9 Å². The summed E-state index contributed by atoms with van der Waals surface area (Å²) in [4.78, 5) is 22.8. The fourth-order valence-electron chi connectivity index (χ4n) is 1.68. The molecule has 20 heavy (non-hydrogen) atoms. The quantitative estimate of drug-likeness (QED) is 0.511. The summed E-state index contributed by atoms with van der Waals surface area (Å²) in [5.74, 6) is -1.88. The highest BCUT2D eigenvalue weighted by Crippen LogP contribution is 2.38. The first kappa shape index (κ1) is 16.0. The molecule has 1 heterocycles. The molecule has 0 fully saturated rings. The van der Waals surface area contributed by atoms with Crippen molar-refractivity contribution in [2.24, 2.45) is 0 Å². The van der Waals surface area contributed by atoms with Gasteiger partial charge < -0.3 is 14.6 Å². The van der Waals surface area contributed by atoms with Crippen molar-refractivity contribution in [2.45, 2.75) is 0 Å². The summed E-state index contributed by atoms with van der Waals surface area (Å²) in [6.45, 7) is 0. The van der Waals surface area contributed by atoms with Gasteiger partial charge in [-0.1, -0.05) is 0 Å². The highest BCUT2D eigenvalue weighted by atomic mass is 127. The molecule has 0 aliphatic carbocycles. The second-order valence-corrected chi connectivity index (χ2v) is 6.89. The van der Waals surface area contributed by atoms with Crippen LogP contribution in [0.2, 0.25) is 0 Å². The van der Waals surface area contributed by atoms with Gasteiger partial charge in [0.05, 0.1) is 17.4 Å². The lowest BCUT2D eigenvalue weighted by Gasteiger charge is -2.14. The van der Waals surface area contributed by atoms with E-state index in [1.165, 1.54) is 6.26 Å². The van der Waals surface area contributed by atoms with Gasteiger partial charge in [0.2, 0.25) is 0 Å². The van der Waals surface area contributed by atoms with Crippen molar-refractivity contribution in [3.05, 3.63) is 40.2 Å². The molecule has 0 amide bonds. The Kier molecular flexibility index (Phi) is 4.94. The van der Waals surface area contributed by atoms with Crippen molar-refractivity contribution >= 4 is 79.7 Å². The highest BCUT2D eigenvalue weighted by Gasteiger charge is 2.28. The Balaban J connectivity index is 2.95. The molecule has 1 aromatic heterocycles. The molecule has 1 aromatic carbocycles. The van der Waals surface area contributed by atoms with Crippen LogP contribution in [0.3, 0.4) is 0 Å². The lowest BCUT2D eigenvalue weighted by Crippen LogP contribution is -2.13. The van der Waals surface area contributed by atoms with Crippen LogP contribution in [0.15, 0.2) is 22.8 Å². The van der Waals surface area contributed by atoms with E-state index in [9.17, 15) is 19.8 Å². The molecule has 0 saturated heterocycles. The van der Waals surface area contributed by atoms with Crippen LogP contribution in [0.25, 0.3) is 11.3 Å². The number of furan rings is 1. The van der Waals surface area contributed by atoms with Crippen LogP contribution >= 0.6 is 67.8 Å². The largest absolute Gasteiger partial charge is 0.478 e. The van der Waals surface area contributed by atoms with Crippen LogP contribution in [0, 0.1) is 10.7 Å². The van der Waals surface area contributed by atoms with Crippen LogP contribution < -0.4 is 0 Å². The predicted octanol–water partition coefficient (Wildman–Crippen LogP) is 4.16. The van der Waals surface area contributed by atoms with Gasteiger partial charge in [-0.25, -0.2) is 9.59 Å². The maximum atomic E-state index is 11.4. The van der Waals surface area contributed by atoms with E-state index in [0.717, 1.165) is 0 Å². The number of carboxylic acid groups (broad SMARTS) is 2. The lowest BCUT2D eigenvalue weighted by atomic mass is 10.0. The summed E-state index contributed by atoms with van der Waals surface area (Å²) < 4.78 is 6.43. The van der Waals surface area contributed by atoms with Gasteiger partial charge in [0.15, 0.2) is 0 Å². The van der Waals surface area contributed by atoms with E-state index >= 15 is 0 Å². The summed E-state index contributed by atoms with van der Waals surface area (Å²) in [7, 11) is 0. The number of hydrogen-bond donors (Lipinski definition) is 2. The molecule has 5 nitrogen and oxygen atoms in total. The first-order valence-electron chi connectivity index (χ1n) is 5.07. The van der Waals surface area contributed by atoms with E-state index in [1.807, 2.05) is 45.2 Å². The molecule has 0 saturated carbocycles. The fraction of sp³-hybridized carbons (Fsp3) is 0. The minimum absolute atomic E-state index is 0.0181. The van der Waals surface area contributed by atoms with Crippen molar-refractivity contribution in [1.29, 1.82) is 0 Å². The second kappa shape index (κ2) is 6.17. The second-order valence-electron chi connectivity index (χ2n) is 3.65. The molecule has 0 atom stereocenters. The molecular weight excluding hydrogens is 605 g/mol. The van der Waals surface area contributed by atoms with Crippen molar-refractivity contribution in [3.8, 4) is 11.3 Å². The highest BCUT2D eigenvalue weighted by molar-refractivity contribution is 14.1. The van der Waals surface area contributed by atoms with Crippen molar-refractivity contribution in [1.82, 2.24) is 0 Å². The average molecular weight is 610 g/mol. The van der Waals surface area contributed by atoms with Gasteiger partial charge in [-0.2, -0.15) is 0 Å².